The van der Waals surface area contributed by atoms with E-state index in [1.54, 1.807) is 4.52 Å². The molecule has 0 amide bonds. The van der Waals surface area contributed by atoms with Crippen LogP contribution in [0.15, 0.2) is 21.0 Å². The van der Waals surface area contributed by atoms with E-state index in [2.05, 4.69) is 20.1 Å². The summed E-state index contributed by atoms with van der Waals surface area (Å²) in [6.45, 7) is 7.80. The molecule has 0 bridgehead atoms. The molecule has 0 spiro atoms. The Bertz CT molecular complexity index is 741. The minimum Gasteiger partial charge on any atom is -0.436 e. The van der Waals surface area contributed by atoms with Gasteiger partial charge in [0.15, 0.2) is 0 Å². The Labute approximate surface area is 114 Å². The van der Waals surface area contributed by atoms with Crippen molar-refractivity contribution in [3.63, 3.8) is 0 Å². The number of fused-ring (bicyclic) bond motifs is 1. The van der Waals surface area contributed by atoms with Gasteiger partial charge in [-0.15, -0.1) is 0 Å². The van der Waals surface area contributed by atoms with Crippen LogP contribution in [0.2, 0.25) is 0 Å². The lowest BCUT2D eigenvalue weighted by Crippen LogP contribution is -2.01. The fraction of sp³-hybridized carbons (Fsp3) is 0.333. The number of nitrogens with zero attached hydrogens (tertiary/aromatic N) is 5. The predicted molar refractivity (Wildman–Crippen MR) is 70.4 cm³/mol. The third-order valence-electron chi connectivity index (χ3n) is 3.05. The second-order valence-electron chi connectivity index (χ2n) is 4.32. The molecule has 3 rings (SSSR count). The largest absolute Gasteiger partial charge is 0.436 e. The number of hydrogen-bond donors (Lipinski definition) is 0. The highest BCUT2D eigenvalue weighted by molar-refractivity contribution is 7.99. The Morgan fingerprint density at radius 1 is 1.11 bits per heavy atom. The Morgan fingerprint density at radius 3 is 2.58 bits per heavy atom. The highest BCUT2D eigenvalue weighted by Gasteiger charge is 2.15. The van der Waals surface area contributed by atoms with E-state index < -0.39 is 0 Å². The molecule has 0 fully saturated rings. The molecule has 0 saturated carbocycles. The zero-order valence-electron chi connectivity index (χ0n) is 11.1. The molecule has 3 aromatic heterocycles. The van der Waals surface area contributed by atoms with Crippen molar-refractivity contribution in [2.75, 3.05) is 0 Å². The quantitative estimate of drug-likeness (QED) is 0.669. The Hall–Kier alpha value is -1.89. The van der Waals surface area contributed by atoms with Gasteiger partial charge in [0.25, 0.3) is 11.0 Å². The van der Waals surface area contributed by atoms with Crippen molar-refractivity contribution in [2.45, 2.75) is 37.9 Å². The number of aryl methyl sites for hydroxylation is 3. The molecule has 98 valence electrons. The SMILES string of the molecule is Cc1nc(Sc2c(C)c(C)nc3ncnn23)oc1C. The summed E-state index contributed by atoms with van der Waals surface area (Å²) < 4.78 is 7.32. The molecule has 0 N–H and O–H groups in total. The van der Waals surface area contributed by atoms with Crippen molar-refractivity contribution in [2.24, 2.45) is 0 Å². The van der Waals surface area contributed by atoms with Gasteiger partial charge >= 0.3 is 0 Å². The van der Waals surface area contributed by atoms with Crippen LogP contribution >= 0.6 is 11.8 Å². The molecular formula is C12H13N5OS. The molecule has 7 heteroatoms. The van der Waals surface area contributed by atoms with E-state index in [4.69, 9.17) is 4.42 Å². The normalized spacial score (nSPS) is 11.4. The molecule has 19 heavy (non-hydrogen) atoms. The topological polar surface area (TPSA) is 69.1 Å². The average Bonchev–Trinajstić information content (AvgIpc) is 2.93. The van der Waals surface area contributed by atoms with Crippen LogP contribution in [-0.4, -0.2) is 24.6 Å². The van der Waals surface area contributed by atoms with Gasteiger partial charge in [-0.2, -0.15) is 14.6 Å². The number of hydrogen-bond acceptors (Lipinski definition) is 6. The zero-order valence-corrected chi connectivity index (χ0v) is 11.9. The summed E-state index contributed by atoms with van der Waals surface area (Å²) in [7, 11) is 0. The Kier molecular flexibility index (Phi) is 2.78. The predicted octanol–water partition coefficient (Wildman–Crippen LogP) is 2.50. The van der Waals surface area contributed by atoms with Gasteiger partial charge in [-0.05, 0) is 39.5 Å². The second-order valence-corrected chi connectivity index (χ2v) is 5.26. The monoisotopic (exact) mass is 275 g/mol. The maximum absolute atomic E-state index is 5.61. The minimum absolute atomic E-state index is 0.589. The van der Waals surface area contributed by atoms with Gasteiger partial charge < -0.3 is 4.42 Å². The molecule has 6 nitrogen and oxygen atoms in total. The van der Waals surface area contributed by atoms with E-state index >= 15 is 0 Å². The smallest absolute Gasteiger partial charge is 0.262 e. The zero-order chi connectivity index (χ0) is 13.6. The molecule has 0 unspecified atom stereocenters. The number of oxazole rings is 1. The minimum atomic E-state index is 0.589. The van der Waals surface area contributed by atoms with Gasteiger partial charge in [0.1, 0.15) is 17.1 Å². The molecule has 0 aromatic carbocycles. The number of rotatable bonds is 2. The Morgan fingerprint density at radius 2 is 1.89 bits per heavy atom. The van der Waals surface area contributed by atoms with Gasteiger partial charge in [0.05, 0.1) is 5.69 Å². The maximum Gasteiger partial charge on any atom is 0.262 e. The van der Waals surface area contributed by atoms with Crippen LogP contribution in [-0.2, 0) is 0 Å². The first kappa shape index (κ1) is 12.2. The van der Waals surface area contributed by atoms with Crippen molar-refractivity contribution in [3.05, 3.63) is 29.0 Å². The van der Waals surface area contributed by atoms with E-state index in [1.807, 2.05) is 27.7 Å². The second kappa shape index (κ2) is 4.34. The molecule has 3 aromatic rings. The van der Waals surface area contributed by atoms with Crippen LogP contribution in [0.4, 0.5) is 0 Å². The van der Waals surface area contributed by atoms with E-state index in [9.17, 15) is 0 Å². The van der Waals surface area contributed by atoms with Crippen molar-refractivity contribution in [1.29, 1.82) is 0 Å². The standard InChI is InChI=1S/C12H13N5OS/c1-6-7(2)15-11-13-5-14-17(11)10(6)19-12-16-8(3)9(4)18-12/h5H,1-4H3. The summed E-state index contributed by atoms with van der Waals surface area (Å²) >= 11 is 1.44. The lowest BCUT2D eigenvalue weighted by atomic mass is 10.3. The van der Waals surface area contributed by atoms with Gasteiger partial charge in [0.2, 0.25) is 0 Å². The maximum atomic E-state index is 5.61. The van der Waals surface area contributed by atoms with E-state index in [-0.39, 0.29) is 0 Å². The summed E-state index contributed by atoms with van der Waals surface area (Å²) in [6.07, 6.45) is 1.50. The van der Waals surface area contributed by atoms with Crippen LogP contribution in [0.1, 0.15) is 22.7 Å². The molecular weight excluding hydrogens is 262 g/mol. The summed E-state index contributed by atoms with van der Waals surface area (Å²) in [5, 5.41) is 5.74. The molecule has 0 aliphatic carbocycles. The van der Waals surface area contributed by atoms with Crippen LogP contribution < -0.4 is 0 Å². The van der Waals surface area contributed by atoms with Crippen molar-refractivity contribution in [3.8, 4) is 0 Å². The molecule has 3 heterocycles. The summed E-state index contributed by atoms with van der Waals surface area (Å²) in [5.41, 5.74) is 2.89. The third-order valence-corrected chi connectivity index (χ3v) is 4.07. The van der Waals surface area contributed by atoms with E-state index in [0.29, 0.717) is 11.0 Å². The molecule has 0 aliphatic rings. The third kappa shape index (κ3) is 1.99. The summed E-state index contributed by atoms with van der Waals surface area (Å²) in [4.78, 5) is 12.9. The van der Waals surface area contributed by atoms with E-state index in [0.717, 1.165) is 27.7 Å². The van der Waals surface area contributed by atoms with Crippen LogP contribution in [0.5, 0.6) is 0 Å². The summed E-state index contributed by atoms with van der Waals surface area (Å²) in [5.74, 6) is 1.42. The fourth-order valence-electron chi connectivity index (χ4n) is 1.69. The van der Waals surface area contributed by atoms with Crippen molar-refractivity contribution >= 4 is 17.5 Å². The number of aromatic nitrogens is 5. The van der Waals surface area contributed by atoms with Crippen LogP contribution in [0.25, 0.3) is 5.78 Å². The highest BCUT2D eigenvalue weighted by Crippen LogP contribution is 2.31. The van der Waals surface area contributed by atoms with Crippen LogP contribution in [0, 0.1) is 27.7 Å². The highest BCUT2D eigenvalue weighted by atomic mass is 32.2. The fourth-order valence-corrected chi connectivity index (χ4v) is 2.72. The van der Waals surface area contributed by atoms with Gasteiger partial charge in [-0.1, -0.05) is 0 Å². The van der Waals surface area contributed by atoms with Crippen molar-refractivity contribution < 1.29 is 4.42 Å². The van der Waals surface area contributed by atoms with Crippen LogP contribution in [0.3, 0.4) is 0 Å². The molecule has 0 radical (unpaired) electrons. The first-order chi connectivity index (χ1) is 9.06. The molecule has 0 aliphatic heterocycles. The van der Waals surface area contributed by atoms with E-state index in [1.165, 1.54) is 18.1 Å². The Balaban J connectivity index is 2.13. The first-order valence-electron chi connectivity index (χ1n) is 5.85. The van der Waals surface area contributed by atoms with Gasteiger partial charge in [-0.3, -0.25) is 0 Å². The van der Waals surface area contributed by atoms with Gasteiger partial charge in [0, 0.05) is 11.3 Å². The van der Waals surface area contributed by atoms with Gasteiger partial charge in [-0.25, -0.2) is 9.97 Å². The molecule has 0 saturated heterocycles. The molecule has 0 atom stereocenters. The summed E-state index contributed by atoms with van der Waals surface area (Å²) in [6, 6.07) is 0. The lowest BCUT2D eigenvalue weighted by molar-refractivity contribution is 0.430. The lowest BCUT2D eigenvalue weighted by Gasteiger charge is -2.07. The average molecular weight is 275 g/mol. The first-order valence-corrected chi connectivity index (χ1v) is 6.66. The van der Waals surface area contributed by atoms with Crippen molar-refractivity contribution in [1.82, 2.24) is 24.6 Å².